The molecule has 23 heavy (non-hydrogen) atoms. The Kier molecular flexibility index (Phi) is 3.16. The smallest absolute Gasteiger partial charge is 0.284 e. The minimum atomic E-state index is -0.252. The zero-order valence-electron chi connectivity index (χ0n) is 12.8. The third-order valence-electron chi connectivity index (χ3n) is 4.50. The third kappa shape index (κ3) is 2.13. The minimum absolute atomic E-state index is 0.0197. The Hall–Kier alpha value is -2.33. The number of carbonyl (C=O) groups is 2. The fourth-order valence-electron chi connectivity index (χ4n) is 3.15. The highest BCUT2D eigenvalue weighted by Crippen LogP contribution is 2.48. The lowest BCUT2D eigenvalue weighted by molar-refractivity contribution is 0.103. The topological polar surface area (TPSA) is 46.2 Å². The molecule has 1 atom stereocenters. The molecule has 2 aliphatic rings. The molecule has 0 unspecified atom stereocenters. The molecule has 0 spiro atoms. The summed E-state index contributed by atoms with van der Waals surface area (Å²) in [5.41, 5.74) is 6.25. The van der Waals surface area contributed by atoms with Crippen LogP contribution in [0.5, 0.6) is 0 Å². The monoisotopic (exact) mass is 321 g/mol. The summed E-state index contributed by atoms with van der Waals surface area (Å²) in [7, 11) is 0. The first-order chi connectivity index (χ1) is 11.1. The predicted octanol–water partition coefficient (Wildman–Crippen LogP) is 4.41. The number of benzene rings is 2. The van der Waals surface area contributed by atoms with Gasteiger partial charge in [0.2, 0.25) is 0 Å². The van der Waals surface area contributed by atoms with Gasteiger partial charge in [-0.15, -0.1) is 0 Å². The van der Waals surface area contributed by atoms with Crippen molar-refractivity contribution >= 4 is 28.5 Å². The van der Waals surface area contributed by atoms with Gasteiger partial charge in [0.1, 0.15) is 0 Å². The van der Waals surface area contributed by atoms with Crippen LogP contribution in [0.3, 0.4) is 0 Å². The first kappa shape index (κ1) is 14.3. The van der Waals surface area contributed by atoms with Crippen LogP contribution in [0.15, 0.2) is 48.0 Å². The number of nitrogens with one attached hydrogen (secondary N) is 1. The van der Waals surface area contributed by atoms with Gasteiger partial charge in [-0.25, -0.2) is 0 Å². The van der Waals surface area contributed by atoms with Gasteiger partial charge in [-0.1, -0.05) is 54.2 Å². The second kappa shape index (κ2) is 5.10. The summed E-state index contributed by atoms with van der Waals surface area (Å²) in [5.74, 6) is 0.0197. The van der Waals surface area contributed by atoms with Crippen LogP contribution in [0.1, 0.15) is 37.9 Å². The maximum Gasteiger partial charge on any atom is 0.284 e. The van der Waals surface area contributed by atoms with Gasteiger partial charge in [-0.05, 0) is 30.5 Å². The molecule has 0 fully saturated rings. The molecule has 0 saturated carbocycles. The zero-order valence-corrected chi connectivity index (χ0v) is 13.7. The largest absolute Gasteiger partial charge is 0.316 e. The second-order valence-electron chi connectivity index (χ2n) is 5.92. The van der Waals surface area contributed by atoms with E-state index in [1.807, 2.05) is 43.3 Å². The molecule has 4 rings (SSSR count). The van der Waals surface area contributed by atoms with Crippen LogP contribution in [0.25, 0.3) is 5.70 Å². The summed E-state index contributed by atoms with van der Waals surface area (Å²) in [6.45, 7) is 4.11. The van der Waals surface area contributed by atoms with Gasteiger partial charge in [-0.3, -0.25) is 9.59 Å². The Balaban J connectivity index is 1.89. The maximum atomic E-state index is 12.9. The Morgan fingerprint density at radius 2 is 1.70 bits per heavy atom. The van der Waals surface area contributed by atoms with Crippen molar-refractivity contribution in [3.05, 3.63) is 75.9 Å². The Morgan fingerprint density at radius 1 is 0.957 bits per heavy atom. The van der Waals surface area contributed by atoms with E-state index in [2.05, 4.69) is 18.3 Å². The number of hydrogen-bond donors (Lipinski definition) is 1. The number of thioether (sulfide) groups is 1. The van der Waals surface area contributed by atoms with Gasteiger partial charge in [-0.2, -0.15) is 0 Å². The van der Waals surface area contributed by atoms with Gasteiger partial charge in [0.25, 0.3) is 5.24 Å². The van der Waals surface area contributed by atoms with Crippen LogP contribution in [-0.2, 0) is 0 Å². The van der Waals surface area contributed by atoms with E-state index in [0.29, 0.717) is 16.8 Å². The van der Waals surface area contributed by atoms with Crippen LogP contribution >= 0.6 is 11.8 Å². The molecule has 0 saturated heterocycles. The van der Waals surface area contributed by atoms with Gasteiger partial charge >= 0.3 is 0 Å². The van der Waals surface area contributed by atoms with E-state index in [9.17, 15) is 9.59 Å². The molecule has 2 aromatic rings. The molecule has 3 nitrogen and oxygen atoms in total. The fourth-order valence-corrected chi connectivity index (χ4v) is 4.15. The number of rotatable bonds is 1. The van der Waals surface area contributed by atoms with Crippen LogP contribution < -0.4 is 5.32 Å². The molecule has 1 aliphatic heterocycles. The van der Waals surface area contributed by atoms with Crippen molar-refractivity contribution in [2.45, 2.75) is 19.1 Å². The van der Waals surface area contributed by atoms with E-state index in [4.69, 9.17) is 0 Å². The standard InChI is InChI=1S/C19H15NO2S/c1-10-7-8-12(9-11(10)2)18-15-16(20-19(22)23-18)13-5-3-4-6-14(13)17(15)21/h3-9,18H,1-2H3,(H,20,22)/t18-/m0/s1. The highest BCUT2D eigenvalue weighted by Gasteiger charge is 2.40. The van der Waals surface area contributed by atoms with Crippen molar-refractivity contribution in [3.8, 4) is 0 Å². The quantitative estimate of drug-likeness (QED) is 0.846. The molecule has 0 bridgehead atoms. The van der Waals surface area contributed by atoms with Gasteiger partial charge in [0.05, 0.1) is 10.9 Å². The number of aryl methyl sites for hydroxylation is 2. The first-order valence-electron chi connectivity index (χ1n) is 7.49. The molecule has 1 N–H and O–H groups in total. The first-order valence-corrected chi connectivity index (χ1v) is 8.37. The van der Waals surface area contributed by atoms with Crippen LogP contribution in [0.2, 0.25) is 0 Å². The number of hydrogen-bond acceptors (Lipinski definition) is 3. The normalized spacial score (nSPS) is 19.5. The van der Waals surface area contributed by atoms with Crippen LogP contribution in [0.4, 0.5) is 4.79 Å². The van der Waals surface area contributed by atoms with E-state index in [1.54, 1.807) is 0 Å². The van der Waals surface area contributed by atoms with Crippen molar-refractivity contribution in [1.29, 1.82) is 0 Å². The third-order valence-corrected chi connectivity index (χ3v) is 5.56. The molecule has 0 radical (unpaired) electrons. The lowest BCUT2D eigenvalue weighted by atomic mass is 9.97. The van der Waals surface area contributed by atoms with E-state index in [-0.39, 0.29) is 16.3 Å². The Morgan fingerprint density at radius 3 is 2.43 bits per heavy atom. The fraction of sp³-hybridized carbons (Fsp3) is 0.158. The Bertz CT molecular complexity index is 898. The van der Waals surface area contributed by atoms with Crippen LogP contribution in [0, 0.1) is 13.8 Å². The number of carbonyl (C=O) groups excluding carboxylic acids is 2. The molecule has 114 valence electrons. The van der Waals surface area contributed by atoms with Crippen molar-refractivity contribution in [2.24, 2.45) is 0 Å². The molecule has 1 aliphatic carbocycles. The number of fused-ring (bicyclic) bond motifs is 2. The van der Waals surface area contributed by atoms with Gasteiger partial charge in [0, 0.05) is 16.7 Å². The van der Waals surface area contributed by atoms with E-state index in [0.717, 1.165) is 11.1 Å². The van der Waals surface area contributed by atoms with Gasteiger partial charge in [0.15, 0.2) is 5.78 Å². The van der Waals surface area contributed by atoms with Crippen molar-refractivity contribution < 1.29 is 9.59 Å². The number of amides is 1. The molecule has 1 amide bonds. The lowest BCUT2D eigenvalue weighted by Gasteiger charge is -2.24. The highest BCUT2D eigenvalue weighted by molar-refractivity contribution is 8.14. The summed E-state index contributed by atoms with van der Waals surface area (Å²) < 4.78 is 0. The van der Waals surface area contributed by atoms with Crippen LogP contribution in [-0.4, -0.2) is 11.0 Å². The average molecular weight is 321 g/mol. The Labute approximate surface area is 138 Å². The molecular formula is C19H15NO2S. The minimum Gasteiger partial charge on any atom is -0.316 e. The van der Waals surface area contributed by atoms with Crippen molar-refractivity contribution in [3.63, 3.8) is 0 Å². The summed E-state index contributed by atoms with van der Waals surface area (Å²) in [6.07, 6.45) is 0. The van der Waals surface area contributed by atoms with Crippen molar-refractivity contribution in [1.82, 2.24) is 5.32 Å². The van der Waals surface area contributed by atoms with Crippen molar-refractivity contribution in [2.75, 3.05) is 0 Å². The lowest BCUT2D eigenvalue weighted by Crippen LogP contribution is -2.25. The maximum absolute atomic E-state index is 12.9. The average Bonchev–Trinajstić information content (AvgIpc) is 2.83. The van der Waals surface area contributed by atoms with E-state index in [1.165, 1.54) is 22.9 Å². The molecular weight excluding hydrogens is 306 g/mol. The second-order valence-corrected chi connectivity index (χ2v) is 7.00. The summed E-state index contributed by atoms with van der Waals surface area (Å²) in [6, 6.07) is 13.6. The van der Waals surface area contributed by atoms with E-state index < -0.39 is 0 Å². The predicted molar refractivity (Wildman–Crippen MR) is 92.5 cm³/mol. The summed E-state index contributed by atoms with van der Waals surface area (Å²) in [4.78, 5) is 25.0. The van der Waals surface area contributed by atoms with E-state index >= 15 is 0 Å². The number of Topliss-reactive ketones (excluding diaryl/α,β-unsaturated/α-hetero) is 1. The number of ketones is 1. The molecule has 4 heteroatoms. The highest BCUT2D eigenvalue weighted by atomic mass is 32.2. The summed E-state index contributed by atoms with van der Waals surface area (Å²) in [5, 5.41) is 2.51. The molecule has 1 heterocycles. The molecule has 0 aromatic heterocycles. The SMILES string of the molecule is Cc1ccc([C@@H]2SC(=O)NC3=C2C(=O)c2ccccc23)cc1C. The zero-order chi connectivity index (χ0) is 16.1. The molecule has 2 aromatic carbocycles. The van der Waals surface area contributed by atoms with Gasteiger partial charge < -0.3 is 5.32 Å². The summed E-state index contributed by atoms with van der Waals surface area (Å²) >= 11 is 1.18.